The molecular formula is C29H35F4NO6S. The first-order chi connectivity index (χ1) is 18.8. The highest BCUT2D eigenvalue weighted by molar-refractivity contribution is 8.00. The van der Waals surface area contributed by atoms with Crippen LogP contribution in [0.3, 0.4) is 0 Å². The summed E-state index contributed by atoms with van der Waals surface area (Å²) in [5.74, 6) is -2.00. The minimum absolute atomic E-state index is 0.0642. The molecule has 2 aromatic rings. The number of alkyl halides is 4. The smallest absolute Gasteiger partial charge is 0.446 e. The summed E-state index contributed by atoms with van der Waals surface area (Å²) in [6.45, 7) is 7.20. The zero-order chi connectivity index (χ0) is 31.0. The molecule has 2 atom stereocenters. The van der Waals surface area contributed by atoms with Gasteiger partial charge in [0.2, 0.25) is 6.10 Å². The van der Waals surface area contributed by atoms with E-state index in [4.69, 9.17) is 14.2 Å². The minimum atomic E-state index is -4.47. The van der Waals surface area contributed by atoms with Crippen molar-refractivity contribution in [2.45, 2.75) is 87.9 Å². The Bertz CT molecular complexity index is 1160. The summed E-state index contributed by atoms with van der Waals surface area (Å²) >= 11 is -0.292. The average Bonchev–Trinajstić information content (AvgIpc) is 2.84. The maximum absolute atomic E-state index is 14.7. The van der Waals surface area contributed by atoms with Gasteiger partial charge in [-0.25, -0.2) is 18.8 Å². The highest BCUT2D eigenvalue weighted by atomic mass is 32.2. The van der Waals surface area contributed by atoms with Crippen molar-refractivity contribution < 1.29 is 46.2 Å². The van der Waals surface area contributed by atoms with Crippen LogP contribution in [0, 0.1) is 0 Å². The van der Waals surface area contributed by atoms with Gasteiger partial charge < -0.3 is 14.2 Å². The number of hydrogen-bond donors (Lipinski definition) is 0. The summed E-state index contributed by atoms with van der Waals surface area (Å²) in [4.78, 5) is 40.0. The fourth-order valence-corrected chi connectivity index (χ4v) is 4.09. The van der Waals surface area contributed by atoms with E-state index in [1.165, 1.54) is 45.2 Å². The molecule has 0 saturated carbocycles. The summed E-state index contributed by atoms with van der Waals surface area (Å²) in [6, 6.07) is 12.5. The number of carbonyl (C=O) groups is 3. The molecule has 0 aliphatic carbocycles. The van der Waals surface area contributed by atoms with Gasteiger partial charge in [0.05, 0.1) is 0 Å². The predicted molar refractivity (Wildman–Crippen MR) is 146 cm³/mol. The molecule has 1 unspecified atom stereocenters. The molecule has 0 N–H and O–H groups in total. The van der Waals surface area contributed by atoms with Crippen molar-refractivity contribution in [2.75, 3.05) is 7.05 Å². The highest BCUT2D eigenvalue weighted by Crippen LogP contribution is 2.36. The van der Waals surface area contributed by atoms with E-state index >= 15 is 0 Å². The number of amides is 1. The molecule has 0 saturated heterocycles. The first kappa shape index (κ1) is 33.9. The van der Waals surface area contributed by atoms with E-state index in [9.17, 15) is 31.9 Å². The number of ether oxygens (including phenoxy) is 3. The third kappa shape index (κ3) is 12.8. The van der Waals surface area contributed by atoms with Crippen LogP contribution in [-0.2, 0) is 36.8 Å². The molecule has 0 spiro atoms. The summed E-state index contributed by atoms with van der Waals surface area (Å²) < 4.78 is 69.0. The lowest BCUT2D eigenvalue weighted by Crippen LogP contribution is -2.49. The Balaban J connectivity index is 2.30. The van der Waals surface area contributed by atoms with E-state index in [2.05, 4.69) is 0 Å². The maximum Gasteiger partial charge on any atom is 0.446 e. The van der Waals surface area contributed by atoms with Crippen molar-refractivity contribution in [2.24, 2.45) is 0 Å². The van der Waals surface area contributed by atoms with E-state index in [0.717, 1.165) is 4.90 Å². The monoisotopic (exact) mass is 601 g/mol. The molecule has 12 heteroatoms. The normalized spacial score (nSPS) is 13.6. The van der Waals surface area contributed by atoms with Gasteiger partial charge >= 0.3 is 23.5 Å². The largest absolute Gasteiger partial charge is 0.458 e. The number of carbonyl (C=O) groups excluding carboxylic acids is 3. The van der Waals surface area contributed by atoms with E-state index in [1.807, 2.05) is 0 Å². The Hall–Kier alpha value is -3.28. The van der Waals surface area contributed by atoms with Gasteiger partial charge in [0.25, 0.3) is 0 Å². The molecule has 0 radical (unpaired) electrons. The highest BCUT2D eigenvalue weighted by Gasteiger charge is 2.38. The molecule has 0 heterocycles. The van der Waals surface area contributed by atoms with Crippen molar-refractivity contribution in [1.82, 2.24) is 4.90 Å². The minimum Gasteiger partial charge on any atom is -0.458 e. The third-order valence-electron chi connectivity index (χ3n) is 5.42. The lowest BCUT2D eigenvalue weighted by molar-refractivity contribution is -0.172. The number of rotatable bonds is 11. The van der Waals surface area contributed by atoms with Crippen molar-refractivity contribution in [3.8, 4) is 0 Å². The van der Waals surface area contributed by atoms with E-state index in [1.54, 1.807) is 51.1 Å². The van der Waals surface area contributed by atoms with Crippen LogP contribution in [0.1, 0.15) is 52.2 Å². The number of halogens is 4. The summed E-state index contributed by atoms with van der Waals surface area (Å²) in [5, 5.41) is 0. The average molecular weight is 602 g/mol. The second-order valence-electron chi connectivity index (χ2n) is 10.9. The Morgan fingerprint density at radius 3 is 1.95 bits per heavy atom. The molecule has 41 heavy (non-hydrogen) atoms. The molecule has 0 aliphatic rings. The summed E-state index contributed by atoms with van der Waals surface area (Å²) in [5.41, 5.74) is -6.23. The van der Waals surface area contributed by atoms with Gasteiger partial charge in [-0.1, -0.05) is 42.5 Å². The molecule has 2 rings (SSSR count). The molecule has 226 valence electrons. The van der Waals surface area contributed by atoms with Gasteiger partial charge in [0.1, 0.15) is 23.9 Å². The number of hydrogen-bond acceptors (Lipinski definition) is 7. The fourth-order valence-electron chi connectivity index (χ4n) is 3.55. The molecular weight excluding hydrogens is 566 g/mol. The van der Waals surface area contributed by atoms with Crippen LogP contribution in [0.25, 0.3) is 0 Å². The van der Waals surface area contributed by atoms with Crippen molar-refractivity contribution in [3.63, 3.8) is 0 Å². The topological polar surface area (TPSA) is 82.1 Å². The van der Waals surface area contributed by atoms with Crippen LogP contribution >= 0.6 is 11.8 Å². The van der Waals surface area contributed by atoms with E-state index in [-0.39, 0.29) is 29.7 Å². The van der Waals surface area contributed by atoms with E-state index in [0.29, 0.717) is 11.1 Å². The molecule has 0 fully saturated rings. The van der Waals surface area contributed by atoms with E-state index < -0.39 is 53.4 Å². The standard InChI is InChI=1S/C29H35F4NO6S/c1-27(2,3)40-26(37)34(6)22(17-28(4,5)30)24(35)39-23(25(36)38-18-20-10-8-7-9-11-20)16-19-12-14-21(15-13-19)41-29(31,32)33/h7-15,22-23H,16-18H2,1-6H3/t22?,23-/m0/s1. The van der Waals surface area contributed by atoms with Crippen LogP contribution < -0.4 is 0 Å². The van der Waals surface area contributed by atoms with Gasteiger partial charge in [-0.2, -0.15) is 13.2 Å². The van der Waals surface area contributed by atoms with Gasteiger partial charge in [0.15, 0.2) is 0 Å². The summed E-state index contributed by atoms with van der Waals surface area (Å²) in [7, 11) is 1.26. The molecule has 1 amide bonds. The predicted octanol–water partition coefficient (Wildman–Crippen LogP) is 6.87. The number of benzene rings is 2. The molecule has 2 aromatic carbocycles. The maximum atomic E-state index is 14.7. The molecule has 0 bridgehead atoms. The van der Waals surface area contributed by atoms with Crippen molar-refractivity contribution >= 4 is 29.8 Å². The lowest BCUT2D eigenvalue weighted by atomic mass is 10.00. The van der Waals surface area contributed by atoms with Gasteiger partial charge in [-0.15, -0.1) is 0 Å². The lowest BCUT2D eigenvalue weighted by Gasteiger charge is -2.32. The van der Waals surface area contributed by atoms with Crippen LogP contribution in [-0.4, -0.2) is 58.9 Å². The molecule has 0 aromatic heterocycles. The van der Waals surface area contributed by atoms with Crippen molar-refractivity contribution in [1.29, 1.82) is 0 Å². The van der Waals surface area contributed by atoms with Gasteiger partial charge in [0, 0.05) is 24.8 Å². The third-order valence-corrected chi connectivity index (χ3v) is 6.16. The zero-order valence-electron chi connectivity index (χ0n) is 23.8. The first-order valence-electron chi connectivity index (χ1n) is 12.7. The van der Waals surface area contributed by atoms with Crippen LogP contribution in [0.15, 0.2) is 59.5 Å². The molecule has 7 nitrogen and oxygen atoms in total. The zero-order valence-corrected chi connectivity index (χ0v) is 24.6. The van der Waals surface area contributed by atoms with Gasteiger partial charge in [-0.3, -0.25) is 4.90 Å². The Labute approximate surface area is 241 Å². The quantitative estimate of drug-likeness (QED) is 0.120. The fraction of sp³-hybridized carbons (Fsp3) is 0.483. The second-order valence-corrected chi connectivity index (χ2v) is 12.1. The first-order valence-corrected chi connectivity index (χ1v) is 13.5. The molecule has 0 aliphatic heterocycles. The Kier molecular flexibility index (Phi) is 11.6. The number of likely N-dealkylation sites (N-methyl/N-ethyl adjacent to an activating group) is 1. The SMILES string of the molecule is CN(C(=O)OC(C)(C)C)C(CC(C)(C)F)C(=O)O[C@@H](Cc1ccc(SC(F)(F)F)cc1)C(=O)OCc1ccccc1. The van der Waals surface area contributed by atoms with Crippen LogP contribution in [0.2, 0.25) is 0 Å². The number of esters is 2. The van der Waals surface area contributed by atoms with Crippen molar-refractivity contribution in [3.05, 3.63) is 65.7 Å². The van der Waals surface area contributed by atoms with Crippen LogP contribution in [0.5, 0.6) is 0 Å². The number of thioether (sulfide) groups is 1. The van der Waals surface area contributed by atoms with Gasteiger partial charge in [-0.05, 0) is 69.6 Å². The Morgan fingerprint density at radius 1 is 0.854 bits per heavy atom. The summed E-state index contributed by atoms with van der Waals surface area (Å²) in [6.07, 6.45) is -3.14. The Morgan fingerprint density at radius 2 is 1.44 bits per heavy atom. The second kappa shape index (κ2) is 14.1. The number of nitrogens with zero attached hydrogens (tertiary/aromatic N) is 1. The van der Waals surface area contributed by atoms with Crippen LogP contribution in [0.4, 0.5) is 22.4 Å².